The molecule has 0 aliphatic rings. The number of nitrogens with one attached hydrogen (secondary N) is 2. The molecule has 2 heterocycles. The van der Waals surface area contributed by atoms with Crippen molar-refractivity contribution in [2.45, 2.75) is 45.8 Å². The summed E-state index contributed by atoms with van der Waals surface area (Å²) in [6.45, 7) is 6.41. The number of urea groups is 1. The number of hydrogen-bond donors (Lipinski definition) is 3. The first kappa shape index (κ1) is 17.5. The summed E-state index contributed by atoms with van der Waals surface area (Å²) in [4.78, 5) is 17.5. The summed E-state index contributed by atoms with van der Waals surface area (Å²) in [6, 6.07) is 3.04. The van der Waals surface area contributed by atoms with Crippen molar-refractivity contribution in [1.82, 2.24) is 15.6 Å². The Morgan fingerprint density at radius 1 is 1.48 bits per heavy atom. The molecule has 7 heteroatoms. The molecular weight excluding hydrogens is 314 g/mol. The highest BCUT2D eigenvalue weighted by molar-refractivity contribution is 7.11. The first-order valence-corrected chi connectivity index (χ1v) is 8.46. The number of furan rings is 1. The number of aromatic nitrogens is 1. The third kappa shape index (κ3) is 5.37. The molecule has 0 spiro atoms. The van der Waals surface area contributed by atoms with Crippen LogP contribution < -0.4 is 10.6 Å². The zero-order valence-electron chi connectivity index (χ0n) is 13.6. The van der Waals surface area contributed by atoms with Crippen LogP contribution in [0.3, 0.4) is 0 Å². The van der Waals surface area contributed by atoms with Crippen LogP contribution in [0.25, 0.3) is 0 Å². The molecule has 0 aromatic carbocycles. The predicted molar refractivity (Wildman–Crippen MR) is 89.6 cm³/mol. The van der Waals surface area contributed by atoms with Gasteiger partial charge in [0.2, 0.25) is 0 Å². The minimum absolute atomic E-state index is 0.167. The second-order valence-corrected chi connectivity index (χ2v) is 6.86. The van der Waals surface area contributed by atoms with Gasteiger partial charge in [-0.15, -0.1) is 11.3 Å². The van der Waals surface area contributed by atoms with Gasteiger partial charge in [0.25, 0.3) is 0 Å². The van der Waals surface area contributed by atoms with E-state index in [4.69, 9.17) is 4.42 Å². The number of hydrogen-bond acceptors (Lipinski definition) is 5. The Bertz CT molecular complexity index is 605. The molecule has 2 aromatic rings. The summed E-state index contributed by atoms with van der Waals surface area (Å²) in [5, 5.41) is 16.6. The van der Waals surface area contributed by atoms with Crippen LogP contribution in [0.4, 0.5) is 4.79 Å². The Hall–Kier alpha value is -1.86. The van der Waals surface area contributed by atoms with Gasteiger partial charge in [0.15, 0.2) is 0 Å². The molecule has 0 aliphatic heterocycles. The van der Waals surface area contributed by atoms with Gasteiger partial charge in [0.1, 0.15) is 11.9 Å². The number of carbonyl (C=O) groups excluding carboxylic acids is 1. The first-order valence-electron chi connectivity index (χ1n) is 7.64. The van der Waals surface area contributed by atoms with Crippen molar-refractivity contribution in [2.24, 2.45) is 0 Å². The van der Waals surface area contributed by atoms with Crippen molar-refractivity contribution in [3.63, 3.8) is 0 Å². The third-order valence-electron chi connectivity index (χ3n) is 3.52. The minimum Gasteiger partial charge on any atom is -0.467 e. The van der Waals surface area contributed by atoms with E-state index in [1.54, 1.807) is 23.5 Å². The molecule has 2 rings (SSSR count). The molecule has 6 nitrogen and oxygen atoms in total. The lowest BCUT2D eigenvalue weighted by Gasteiger charge is -2.17. The van der Waals surface area contributed by atoms with E-state index in [9.17, 15) is 9.90 Å². The van der Waals surface area contributed by atoms with Gasteiger partial charge in [0, 0.05) is 30.3 Å². The SMILES string of the molecule is Cc1nc(CCNC(=O)NC(C)CC(O)c2ccco2)sc1C. The van der Waals surface area contributed by atoms with Crippen LogP contribution in [0.15, 0.2) is 22.8 Å². The lowest BCUT2D eigenvalue weighted by molar-refractivity contribution is 0.129. The van der Waals surface area contributed by atoms with E-state index < -0.39 is 6.10 Å². The average Bonchev–Trinajstić information content (AvgIpc) is 3.09. The van der Waals surface area contributed by atoms with Crippen LogP contribution in [0.1, 0.15) is 40.8 Å². The van der Waals surface area contributed by atoms with E-state index in [1.165, 1.54) is 11.1 Å². The molecule has 2 atom stereocenters. The fourth-order valence-corrected chi connectivity index (χ4v) is 3.13. The molecule has 0 saturated heterocycles. The van der Waals surface area contributed by atoms with Crippen molar-refractivity contribution < 1.29 is 14.3 Å². The Morgan fingerprint density at radius 3 is 2.87 bits per heavy atom. The van der Waals surface area contributed by atoms with Crippen LogP contribution in [0.5, 0.6) is 0 Å². The minimum atomic E-state index is -0.721. The number of aliphatic hydroxyl groups excluding tert-OH is 1. The summed E-state index contributed by atoms with van der Waals surface area (Å²) < 4.78 is 5.14. The van der Waals surface area contributed by atoms with Crippen LogP contribution in [-0.2, 0) is 6.42 Å². The van der Waals surface area contributed by atoms with E-state index in [0.29, 0.717) is 18.7 Å². The Morgan fingerprint density at radius 2 is 2.26 bits per heavy atom. The molecule has 0 bridgehead atoms. The second-order valence-electron chi connectivity index (χ2n) is 5.57. The van der Waals surface area contributed by atoms with Crippen LogP contribution in [0.2, 0.25) is 0 Å². The topological polar surface area (TPSA) is 87.4 Å². The van der Waals surface area contributed by atoms with Gasteiger partial charge in [-0.05, 0) is 32.9 Å². The Labute approximate surface area is 139 Å². The van der Waals surface area contributed by atoms with Gasteiger partial charge in [-0.2, -0.15) is 0 Å². The van der Waals surface area contributed by atoms with Gasteiger partial charge in [-0.25, -0.2) is 9.78 Å². The average molecular weight is 337 g/mol. The molecule has 0 fully saturated rings. The number of rotatable bonds is 7. The third-order valence-corrected chi connectivity index (χ3v) is 4.66. The number of carbonyl (C=O) groups is 1. The lowest BCUT2D eigenvalue weighted by Crippen LogP contribution is -2.42. The van der Waals surface area contributed by atoms with Gasteiger partial charge in [0.05, 0.1) is 17.0 Å². The highest BCUT2D eigenvalue weighted by Crippen LogP contribution is 2.18. The molecule has 0 aliphatic carbocycles. The summed E-state index contributed by atoms with van der Waals surface area (Å²) >= 11 is 1.66. The van der Waals surface area contributed by atoms with Crippen LogP contribution in [0, 0.1) is 13.8 Å². The Balaban J connectivity index is 1.67. The lowest BCUT2D eigenvalue weighted by atomic mass is 10.1. The molecular formula is C16H23N3O3S. The Kier molecular flexibility index (Phi) is 6.18. The molecule has 3 N–H and O–H groups in total. The number of amides is 2. The highest BCUT2D eigenvalue weighted by atomic mass is 32.1. The summed E-state index contributed by atoms with van der Waals surface area (Å²) in [5.74, 6) is 0.508. The van der Waals surface area contributed by atoms with Crippen molar-refractivity contribution >= 4 is 17.4 Å². The van der Waals surface area contributed by atoms with E-state index in [1.807, 2.05) is 20.8 Å². The number of thiazole rings is 1. The fourth-order valence-electron chi connectivity index (χ4n) is 2.19. The van der Waals surface area contributed by atoms with Crippen molar-refractivity contribution in [3.8, 4) is 0 Å². The van der Waals surface area contributed by atoms with E-state index in [-0.39, 0.29) is 12.1 Å². The predicted octanol–water partition coefficient (Wildman–Crippen LogP) is 2.71. The molecule has 23 heavy (non-hydrogen) atoms. The second kappa shape index (κ2) is 8.12. The quantitative estimate of drug-likeness (QED) is 0.725. The van der Waals surface area contributed by atoms with Crippen LogP contribution in [-0.4, -0.2) is 28.7 Å². The normalized spacial score (nSPS) is 13.6. The monoisotopic (exact) mass is 337 g/mol. The number of aryl methyl sites for hydroxylation is 2. The molecule has 2 aromatic heterocycles. The maximum absolute atomic E-state index is 11.8. The molecule has 0 saturated carbocycles. The van der Waals surface area contributed by atoms with Crippen LogP contribution >= 0.6 is 11.3 Å². The standard InChI is InChI=1S/C16H23N3O3S/c1-10(9-13(20)14-5-4-8-22-14)18-16(21)17-7-6-15-19-11(2)12(3)23-15/h4-5,8,10,13,20H,6-7,9H2,1-3H3,(H2,17,18,21). The van der Waals surface area contributed by atoms with Crippen molar-refractivity contribution in [3.05, 3.63) is 39.7 Å². The van der Waals surface area contributed by atoms with Crippen molar-refractivity contribution in [2.75, 3.05) is 6.54 Å². The van der Waals surface area contributed by atoms with Crippen molar-refractivity contribution in [1.29, 1.82) is 0 Å². The van der Waals surface area contributed by atoms with Gasteiger partial charge in [-0.3, -0.25) is 0 Å². The molecule has 0 radical (unpaired) electrons. The zero-order valence-corrected chi connectivity index (χ0v) is 14.4. The summed E-state index contributed by atoms with van der Waals surface area (Å²) in [6.07, 6.45) is 1.91. The number of aliphatic hydroxyl groups is 1. The molecule has 2 amide bonds. The molecule has 2 unspecified atom stereocenters. The number of nitrogens with zero attached hydrogens (tertiary/aromatic N) is 1. The maximum Gasteiger partial charge on any atom is 0.315 e. The van der Waals surface area contributed by atoms with E-state index in [0.717, 1.165) is 17.1 Å². The largest absolute Gasteiger partial charge is 0.467 e. The smallest absolute Gasteiger partial charge is 0.315 e. The first-order chi connectivity index (χ1) is 11.0. The molecule has 126 valence electrons. The maximum atomic E-state index is 11.8. The zero-order chi connectivity index (χ0) is 16.8. The fraction of sp³-hybridized carbons (Fsp3) is 0.500. The van der Waals surface area contributed by atoms with Gasteiger partial charge < -0.3 is 20.2 Å². The summed E-state index contributed by atoms with van der Waals surface area (Å²) in [5.41, 5.74) is 1.05. The van der Waals surface area contributed by atoms with E-state index >= 15 is 0 Å². The van der Waals surface area contributed by atoms with Gasteiger partial charge in [-0.1, -0.05) is 0 Å². The van der Waals surface area contributed by atoms with Gasteiger partial charge >= 0.3 is 6.03 Å². The summed E-state index contributed by atoms with van der Waals surface area (Å²) in [7, 11) is 0. The highest BCUT2D eigenvalue weighted by Gasteiger charge is 2.16. The van der Waals surface area contributed by atoms with E-state index in [2.05, 4.69) is 15.6 Å².